The van der Waals surface area contributed by atoms with Gasteiger partial charge in [0, 0.05) is 19.1 Å². The average Bonchev–Trinajstić information content (AvgIpc) is 2.85. The second-order valence-electron chi connectivity index (χ2n) is 4.02. The number of nitrogens with zero attached hydrogens (tertiary/aromatic N) is 2. The minimum Gasteiger partial charge on any atom is -0.341 e. The van der Waals surface area contributed by atoms with Gasteiger partial charge >= 0.3 is 0 Å². The number of nitrogens with one attached hydrogen (secondary N) is 1. The van der Waals surface area contributed by atoms with Crippen LogP contribution in [-0.2, 0) is 0 Å². The van der Waals surface area contributed by atoms with Crippen molar-refractivity contribution in [3.63, 3.8) is 0 Å². The molecule has 0 spiro atoms. The molecule has 0 bridgehead atoms. The molecule has 1 saturated heterocycles. The third-order valence-corrected chi connectivity index (χ3v) is 3.73. The normalized spacial score (nSPS) is 20.8. The molecule has 1 aliphatic rings. The van der Waals surface area contributed by atoms with Crippen LogP contribution in [0, 0.1) is 0 Å². The summed E-state index contributed by atoms with van der Waals surface area (Å²) in [5, 5.41) is 1.88. The zero-order valence-corrected chi connectivity index (χ0v) is 9.46. The Balaban J connectivity index is 2.07. The Bertz CT molecular complexity index is 575. The summed E-state index contributed by atoms with van der Waals surface area (Å²) in [6.45, 7) is 1.62. The molecule has 3 rings (SSSR count). The van der Waals surface area contributed by atoms with Crippen molar-refractivity contribution in [1.29, 1.82) is 0 Å². The first-order valence-electron chi connectivity index (χ1n) is 5.22. The number of nitrogens with two attached hydrogens (primary N) is 1. The van der Waals surface area contributed by atoms with Crippen molar-refractivity contribution >= 4 is 27.5 Å². The van der Waals surface area contributed by atoms with Crippen LogP contribution in [0.15, 0.2) is 16.2 Å². The van der Waals surface area contributed by atoms with Gasteiger partial charge in [-0.05, 0) is 17.9 Å². The highest BCUT2D eigenvalue weighted by atomic mass is 32.1. The van der Waals surface area contributed by atoms with Crippen LogP contribution in [0.2, 0.25) is 0 Å². The topological polar surface area (TPSA) is 75.0 Å². The summed E-state index contributed by atoms with van der Waals surface area (Å²) in [6.07, 6.45) is 0.950. The van der Waals surface area contributed by atoms with Crippen LogP contribution in [0.1, 0.15) is 6.42 Å². The second kappa shape index (κ2) is 3.57. The summed E-state index contributed by atoms with van der Waals surface area (Å²) in [4.78, 5) is 21.0. The van der Waals surface area contributed by atoms with E-state index in [9.17, 15) is 4.79 Å². The highest BCUT2D eigenvalue weighted by molar-refractivity contribution is 7.17. The lowest BCUT2D eigenvalue weighted by molar-refractivity contribution is 0.750. The van der Waals surface area contributed by atoms with E-state index in [0.29, 0.717) is 10.6 Å². The smallest absolute Gasteiger partial charge is 0.270 e. The molecule has 2 aromatic rings. The van der Waals surface area contributed by atoms with E-state index >= 15 is 0 Å². The highest BCUT2D eigenvalue weighted by Gasteiger charge is 2.21. The highest BCUT2D eigenvalue weighted by Crippen LogP contribution is 2.19. The molecule has 3 N–H and O–H groups in total. The van der Waals surface area contributed by atoms with Crippen molar-refractivity contribution in [3.05, 3.63) is 21.8 Å². The zero-order chi connectivity index (χ0) is 11.1. The number of hydrogen-bond acceptors (Lipinski definition) is 5. The van der Waals surface area contributed by atoms with Gasteiger partial charge in [0.05, 0.1) is 5.52 Å². The maximum Gasteiger partial charge on any atom is 0.270 e. The number of aromatic amines is 1. The molecule has 1 fully saturated rings. The zero-order valence-electron chi connectivity index (χ0n) is 8.64. The Labute approximate surface area is 95.9 Å². The number of thiophene rings is 1. The molecule has 3 heterocycles. The Morgan fingerprint density at radius 2 is 2.50 bits per heavy atom. The molecule has 0 aliphatic carbocycles. The van der Waals surface area contributed by atoms with Crippen LogP contribution in [0.5, 0.6) is 0 Å². The third kappa shape index (κ3) is 1.50. The van der Waals surface area contributed by atoms with Crippen LogP contribution in [0.3, 0.4) is 0 Å². The average molecular weight is 236 g/mol. The van der Waals surface area contributed by atoms with Gasteiger partial charge in [-0.25, -0.2) is 4.98 Å². The van der Waals surface area contributed by atoms with Crippen molar-refractivity contribution in [3.8, 4) is 0 Å². The first kappa shape index (κ1) is 9.80. The largest absolute Gasteiger partial charge is 0.341 e. The summed E-state index contributed by atoms with van der Waals surface area (Å²) in [7, 11) is 0. The first-order valence-corrected chi connectivity index (χ1v) is 6.10. The van der Waals surface area contributed by atoms with E-state index in [4.69, 9.17) is 5.73 Å². The van der Waals surface area contributed by atoms with Crippen LogP contribution >= 0.6 is 11.3 Å². The number of anilines is 1. The standard InChI is InChI=1S/C10H12N4OS/c11-6-1-3-14(5-6)10-12-7-2-4-16-8(7)9(15)13-10/h2,4,6H,1,3,5,11H2,(H,12,13,15)/t6-/m0/s1. The molecule has 0 aromatic carbocycles. The van der Waals surface area contributed by atoms with E-state index in [-0.39, 0.29) is 11.6 Å². The number of hydrogen-bond donors (Lipinski definition) is 2. The molecule has 0 amide bonds. The molecular formula is C10H12N4OS. The van der Waals surface area contributed by atoms with Gasteiger partial charge in [-0.15, -0.1) is 11.3 Å². The summed E-state index contributed by atoms with van der Waals surface area (Å²) in [5.74, 6) is 0.642. The summed E-state index contributed by atoms with van der Waals surface area (Å²) < 4.78 is 0.687. The minimum atomic E-state index is -0.0597. The maximum atomic E-state index is 11.8. The quantitative estimate of drug-likeness (QED) is 0.757. The summed E-state index contributed by atoms with van der Waals surface area (Å²) in [5.41, 5.74) is 6.54. The van der Waals surface area contributed by atoms with Crippen molar-refractivity contribution in [1.82, 2.24) is 9.97 Å². The van der Waals surface area contributed by atoms with E-state index in [1.54, 1.807) is 0 Å². The van der Waals surface area contributed by atoms with E-state index < -0.39 is 0 Å². The van der Waals surface area contributed by atoms with Gasteiger partial charge in [-0.1, -0.05) is 0 Å². The predicted molar refractivity (Wildman–Crippen MR) is 65.0 cm³/mol. The number of H-pyrrole nitrogens is 1. The second-order valence-corrected chi connectivity index (χ2v) is 4.94. The van der Waals surface area contributed by atoms with Crippen LogP contribution in [-0.4, -0.2) is 29.1 Å². The fraction of sp³-hybridized carbons (Fsp3) is 0.400. The van der Waals surface area contributed by atoms with E-state index in [1.165, 1.54) is 11.3 Å². The molecule has 0 saturated carbocycles. The molecule has 1 aliphatic heterocycles. The molecule has 84 valence electrons. The lowest BCUT2D eigenvalue weighted by Crippen LogP contribution is -2.28. The fourth-order valence-corrected chi connectivity index (χ4v) is 2.72. The van der Waals surface area contributed by atoms with E-state index in [1.807, 2.05) is 16.3 Å². The van der Waals surface area contributed by atoms with Gasteiger partial charge in [-0.2, -0.15) is 0 Å². The first-order chi connectivity index (χ1) is 7.74. The number of aromatic nitrogens is 2. The SMILES string of the molecule is N[C@H]1CCN(c2nc3ccsc3c(=O)[nH]2)C1. The molecule has 0 unspecified atom stereocenters. The Hall–Kier alpha value is -1.40. The van der Waals surface area contributed by atoms with Gasteiger partial charge in [0.25, 0.3) is 5.56 Å². The van der Waals surface area contributed by atoms with Gasteiger partial charge in [-0.3, -0.25) is 9.78 Å². The molecule has 5 nitrogen and oxygen atoms in total. The molecule has 6 heteroatoms. The Kier molecular flexibility index (Phi) is 2.19. The summed E-state index contributed by atoms with van der Waals surface area (Å²) >= 11 is 1.42. The molecule has 16 heavy (non-hydrogen) atoms. The predicted octanol–water partition coefficient (Wildman–Crippen LogP) is 0.522. The van der Waals surface area contributed by atoms with Gasteiger partial charge in [0.1, 0.15) is 4.70 Å². The number of rotatable bonds is 1. The molecule has 0 radical (unpaired) electrons. The van der Waals surface area contributed by atoms with Crippen LogP contribution in [0.25, 0.3) is 10.2 Å². The van der Waals surface area contributed by atoms with Gasteiger partial charge in [0.15, 0.2) is 0 Å². The van der Waals surface area contributed by atoms with E-state index in [0.717, 1.165) is 25.0 Å². The van der Waals surface area contributed by atoms with Crippen molar-refractivity contribution in [2.24, 2.45) is 5.73 Å². The maximum absolute atomic E-state index is 11.8. The lowest BCUT2D eigenvalue weighted by Gasteiger charge is -2.15. The summed E-state index contributed by atoms with van der Waals surface area (Å²) in [6, 6.07) is 2.05. The van der Waals surface area contributed by atoms with E-state index in [2.05, 4.69) is 9.97 Å². The van der Waals surface area contributed by atoms with Gasteiger partial charge < -0.3 is 10.6 Å². The lowest BCUT2D eigenvalue weighted by atomic mass is 10.3. The Morgan fingerprint density at radius 3 is 3.25 bits per heavy atom. The molecule has 1 atom stereocenters. The molecular weight excluding hydrogens is 224 g/mol. The minimum absolute atomic E-state index is 0.0597. The van der Waals surface area contributed by atoms with Crippen molar-refractivity contribution in [2.75, 3.05) is 18.0 Å². The van der Waals surface area contributed by atoms with Crippen molar-refractivity contribution < 1.29 is 0 Å². The van der Waals surface area contributed by atoms with Gasteiger partial charge in [0.2, 0.25) is 5.95 Å². The Morgan fingerprint density at radius 1 is 1.62 bits per heavy atom. The monoisotopic (exact) mass is 236 g/mol. The third-order valence-electron chi connectivity index (χ3n) is 2.83. The van der Waals surface area contributed by atoms with Crippen LogP contribution in [0.4, 0.5) is 5.95 Å². The van der Waals surface area contributed by atoms with Crippen LogP contribution < -0.4 is 16.2 Å². The molecule has 2 aromatic heterocycles. The van der Waals surface area contributed by atoms with Crippen molar-refractivity contribution in [2.45, 2.75) is 12.5 Å². The fourth-order valence-electron chi connectivity index (χ4n) is 1.99. The number of fused-ring (bicyclic) bond motifs is 1.